The first-order chi connectivity index (χ1) is 11.1. The second-order valence-corrected chi connectivity index (χ2v) is 7.17. The number of nitrogens with two attached hydrogens (primary N) is 1. The summed E-state index contributed by atoms with van der Waals surface area (Å²) >= 11 is 0. The maximum Gasteiger partial charge on any atom is 0.121 e. The maximum atomic E-state index is 13.0. The van der Waals surface area contributed by atoms with E-state index in [4.69, 9.17) is 10.5 Å². The van der Waals surface area contributed by atoms with E-state index >= 15 is 0 Å². The highest BCUT2D eigenvalue weighted by molar-refractivity contribution is 7.85. The summed E-state index contributed by atoms with van der Waals surface area (Å²) in [5, 5.41) is 0. The zero-order valence-electron chi connectivity index (χ0n) is 13.8. The summed E-state index contributed by atoms with van der Waals surface area (Å²) in [4.78, 5) is 3.95. The molecule has 1 atom stereocenters. The number of fused-ring (bicyclic) bond motifs is 2. The zero-order valence-corrected chi connectivity index (χ0v) is 14.6. The van der Waals surface area contributed by atoms with Crippen molar-refractivity contribution in [1.29, 1.82) is 0 Å². The maximum absolute atomic E-state index is 13.0. The Kier molecular flexibility index (Phi) is 4.41. The number of hydrogen-bond acceptors (Lipinski definition) is 4. The Morgan fingerprint density at radius 1 is 1.17 bits per heavy atom. The van der Waals surface area contributed by atoms with Gasteiger partial charge in [0.2, 0.25) is 0 Å². The lowest BCUT2D eigenvalue weighted by atomic mass is 10.1. The van der Waals surface area contributed by atoms with Crippen LogP contribution in [-0.4, -0.2) is 24.4 Å². The topological polar surface area (TPSA) is 55.6 Å². The van der Waals surface area contributed by atoms with Gasteiger partial charge in [-0.2, -0.15) is 0 Å². The van der Waals surface area contributed by atoms with Crippen molar-refractivity contribution < 1.29 is 8.95 Å². The number of aryl methyl sites for hydroxylation is 1. The van der Waals surface area contributed by atoms with E-state index in [0.29, 0.717) is 6.54 Å². The van der Waals surface area contributed by atoms with E-state index in [1.165, 1.54) is 11.1 Å². The van der Waals surface area contributed by atoms with Crippen LogP contribution >= 0.6 is 0 Å². The largest absolute Gasteiger partial charge is 0.497 e. The van der Waals surface area contributed by atoms with E-state index in [0.717, 1.165) is 39.9 Å². The van der Waals surface area contributed by atoms with Crippen LogP contribution in [0.25, 0.3) is 0 Å². The van der Waals surface area contributed by atoms with Gasteiger partial charge in [-0.15, -0.1) is 0 Å². The lowest BCUT2D eigenvalue weighted by Gasteiger charge is -2.34. The molecule has 0 amide bonds. The molecule has 4 nitrogen and oxygen atoms in total. The van der Waals surface area contributed by atoms with Crippen molar-refractivity contribution in [2.45, 2.75) is 30.1 Å². The summed E-state index contributed by atoms with van der Waals surface area (Å²) < 4.78 is 18.4. The van der Waals surface area contributed by atoms with E-state index in [1.807, 2.05) is 30.3 Å². The molecule has 0 saturated heterocycles. The van der Waals surface area contributed by atoms with Crippen molar-refractivity contribution in [1.82, 2.24) is 0 Å². The highest BCUT2D eigenvalue weighted by Crippen LogP contribution is 2.45. The van der Waals surface area contributed by atoms with Crippen molar-refractivity contribution in [3.05, 3.63) is 41.5 Å². The molecule has 0 bridgehead atoms. The molecule has 1 unspecified atom stereocenters. The third-order valence-electron chi connectivity index (χ3n) is 4.38. The van der Waals surface area contributed by atoms with Crippen LogP contribution in [0.1, 0.15) is 17.5 Å². The molecule has 1 aliphatic rings. The molecule has 3 rings (SSSR count). The molecule has 0 spiro atoms. The quantitative estimate of drug-likeness (QED) is 0.935. The highest BCUT2D eigenvalue weighted by Gasteiger charge is 2.30. The second-order valence-electron chi connectivity index (χ2n) is 5.75. The van der Waals surface area contributed by atoms with Gasteiger partial charge in [0.15, 0.2) is 0 Å². The SMILES string of the molecule is COc1ccc2c(c1)N(CCCN)c1c(ccc(C)c1C)S2=O. The van der Waals surface area contributed by atoms with Gasteiger partial charge in [-0.25, -0.2) is 4.21 Å². The molecular weight excluding hydrogens is 308 g/mol. The van der Waals surface area contributed by atoms with Crippen LogP contribution in [0.5, 0.6) is 5.75 Å². The third-order valence-corrected chi connectivity index (χ3v) is 5.85. The molecule has 2 aromatic rings. The first-order valence-corrected chi connectivity index (χ1v) is 8.91. The molecule has 0 aliphatic carbocycles. The monoisotopic (exact) mass is 330 g/mol. The van der Waals surface area contributed by atoms with Gasteiger partial charge in [0.25, 0.3) is 0 Å². The average molecular weight is 330 g/mol. The van der Waals surface area contributed by atoms with Gasteiger partial charge in [0.1, 0.15) is 5.75 Å². The number of anilines is 2. The summed E-state index contributed by atoms with van der Waals surface area (Å²) in [6.07, 6.45) is 0.871. The van der Waals surface area contributed by atoms with Gasteiger partial charge in [-0.05, 0) is 56.1 Å². The minimum absolute atomic E-state index is 0.624. The van der Waals surface area contributed by atoms with Crippen LogP contribution in [0.2, 0.25) is 0 Å². The Morgan fingerprint density at radius 3 is 2.61 bits per heavy atom. The molecule has 5 heteroatoms. The average Bonchev–Trinajstić information content (AvgIpc) is 2.57. The minimum atomic E-state index is -1.17. The Morgan fingerprint density at radius 2 is 1.91 bits per heavy atom. The fraction of sp³-hybridized carbons (Fsp3) is 0.333. The van der Waals surface area contributed by atoms with Crippen molar-refractivity contribution in [2.24, 2.45) is 5.73 Å². The summed E-state index contributed by atoms with van der Waals surface area (Å²) in [5.41, 5.74) is 10.1. The van der Waals surface area contributed by atoms with Crippen molar-refractivity contribution in [2.75, 3.05) is 25.1 Å². The number of hydrogen-bond donors (Lipinski definition) is 1. The van der Waals surface area contributed by atoms with Crippen LogP contribution in [-0.2, 0) is 10.8 Å². The number of methoxy groups -OCH3 is 1. The van der Waals surface area contributed by atoms with Crippen LogP contribution in [0.15, 0.2) is 40.1 Å². The van der Waals surface area contributed by atoms with Crippen LogP contribution in [0.4, 0.5) is 11.4 Å². The van der Waals surface area contributed by atoms with Gasteiger partial charge < -0.3 is 15.4 Å². The Labute approximate surface area is 139 Å². The van der Waals surface area contributed by atoms with E-state index in [1.54, 1.807) is 7.11 Å². The van der Waals surface area contributed by atoms with E-state index in [2.05, 4.69) is 18.7 Å². The van der Waals surface area contributed by atoms with Gasteiger partial charge in [0.05, 0.1) is 39.1 Å². The summed E-state index contributed by atoms with van der Waals surface area (Å²) in [7, 11) is 0.474. The molecule has 1 aliphatic heterocycles. The number of ether oxygens (including phenoxy) is 1. The first-order valence-electron chi connectivity index (χ1n) is 7.76. The lowest BCUT2D eigenvalue weighted by molar-refractivity contribution is 0.414. The van der Waals surface area contributed by atoms with Crippen molar-refractivity contribution in [3.8, 4) is 5.75 Å². The molecule has 0 fully saturated rings. The molecule has 1 heterocycles. The molecular formula is C18H22N2O2S. The Balaban J connectivity index is 2.23. The van der Waals surface area contributed by atoms with Crippen molar-refractivity contribution in [3.63, 3.8) is 0 Å². The van der Waals surface area contributed by atoms with Crippen molar-refractivity contribution >= 4 is 22.2 Å². The normalized spacial score (nSPS) is 16.0. The van der Waals surface area contributed by atoms with Gasteiger partial charge in [-0.1, -0.05) is 6.07 Å². The second kappa shape index (κ2) is 6.34. The molecule has 0 saturated carbocycles. The third kappa shape index (κ3) is 2.64. The van der Waals surface area contributed by atoms with Gasteiger partial charge in [0, 0.05) is 12.6 Å². The minimum Gasteiger partial charge on any atom is -0.497 e. The molecule has 0 radical (unpaired) electrons. The number of rotatable bonds is 4. The Bertz CT molecular complexity index is 774. The zero-order chi connectivity index (χ0) is 16.6. The molecule has 23 heavy (non-hydrogen) atoms. The smallest absolute Gasteiger partial charge is 0.121 e. The molecule has 0 aromatic heterocycles. The van der Waals surface area contributed by atoms with E-state index in [-0.39, 0.29) is 0 Å². The molecule has 122 valence electrons. The van der Waals surface area contributed by atoms with Crippen LogP contribution in [0, 0.1) is 13.8 Å². The van der Waals surface area contributed by atoms with E-state index < -0.39 is 10.8 Å². The van der Waals surface area contributed by atoms with Gasteiger partial charge in [-0.3, -0.25) is 0 Å². The first kappa shape index (κ1) is 16.0. The summed E-state index contributed by atoms with van der Waals surface area (Å²) in [6, 6.07) is 9.76. The summed E-state index contributed by atoms with van der Waals surface area (Å²) in [5.74, 6) is 0.771. The molecule has 2 N–H and O–H groups in total. The highest BCUT2D eigenvalue weighted by atomic mass is 32.2. The lowest BCUT2D eigenvalue weighted by Crippen LogP contribution is -2.27. The number of nitrogens with zero attached hydrogens (tertiary/aromatic N) is 1. The molecule has 2 aromatic carbocycles. The fourth-order valence-corrected chi connectivity index (χ4v) is 4.39. The van der Waals surface area contributed by atoms with Gasteiger partial charge >= 0.3 is 0 Å². The van der Waals surface area contributed by atoms with E-state index in [9.17, 15) is 4.21 Å². The fourth-order valence-electron chi connectivity index (χ4n) is 2.97. The predicted octanol–water partition coefficient (Wildman–Crippen LogP) is 3.28. The Hall–Kier alpha value is -1.85. The van der Waals surface area contributed by atoms with Crippen LogP contribution in [0.3, 0.4) is 0 Å². The predicted molar refractivity (Wildman–Crippen MR) is 94.3 cm³/mol. The summed E-state index contributed by atoms with van der Waals surface area (Å²) in [6.45, 7) is 5.59. The van der Waals surface area contributed by atoms with Crippen LogP contribution < -0.4 is 15.4 Å². The number of benzene rings is 2. The standard InChI is InChI=1S/C18H22N2O2S/c1-12-5-7-17-18(13(12)2)20(10-4-9-19)15-11-14(22-3)6-8-16(15)23(17)21/h5-8,11H,4,9-10,19H2,1-3H3.